The molecule has 1 aromatic rings. The minimum Gasteiger partial charge on any atom is -0.384 e. The van der Waals surface area contributed by atoms with Gasteiger partial charge >= 0.3 is 6.18 Å². The highest BCUT2D eigenvalue weighted by atomic mass is 19.4. The van der Waals surface area contributed by atoms with Crippen LogP contribution in [0.3, 0.4) is 0 Å². The van der Waals surface area contributed by atoms with Crippen LogP contribution in [-0.4, -0.2) is 29.3 Å². The zero-order chi connectivity index (χ0) is 24.3. The third-order valence-electron chi connectivity index (χ3n) is 10.7. The van der Waals surface area contributed by atoms with Crippen molar-refractivity contribution in [2.24, 2.45) is 46.3 Å². The van der Waals surface area contributed by atoms with E-state index in [1.54, 1.807) is 0 Å². The lowest BCUT2D eigenvalue weighted by molar-refractivity contribution is -0.154. The molecule has 0 radical (unpaired) electrons. The van der Waals surface area contributed by atoms with Crippen molar-refractivity contribution < 1.29 is 22.7 Å². The number of carbonyl (C=O) groups excluding carboxylic acids is 1. The van der Waals surface area contributed by atoms with Gasteiger partial charge in [-0.1, -0.05) is 20.3 Å². The molecule has 0 bridgehead atoms. The number of alkyl halides is 3. The fourth-order valence-electron chi connectivity index (χ4n) is 9.21. The molecule has 4 aliphatic carbocycles. The Balaban J connectivity index is 1.34. The molecule has 0 saturated heterocycles. The third-order valence-corrected chi connectivity index (χ3v) is 10.7. The minimum absolute atomic E-state index is 0.0482. The predicted octanol–water partition coefficient (Wildman–Crippen LogP) is 6.39. The molecule has 4 saturated carbocycles. The van der Waals surface area contributed by atoms with Gasteiger partial charge in [0.15, 0.2) is 11.5 Å². The monoisotopic (exact) mass is 480 g/mol. The summed E-state index contributed by atoms with van der Waals surface area (Å²) in [7, 11) is 1.85. The van der Waals surface area contributed by atoms with Gasteiger partial charge in [0.1, 0.15) is 0 Å². The van der Waals surface area contributed by atoms with E-state index in [1.165, 1.54) is 43.0 Å². The maximum Gasteiger partial charge on any atom is 0.435 e. The van der Waals surface area contributed by atoms with Crippen molar-refractivity contribution in [1.82, 2.24) is 9.78 Å². The van der Waals surface area contributed by atoms with Crippen LogP contribution in [0.1, 0.15) is 77.3 Å². The molecule has 0 aromatic carbocycles. The van der Waals surface area contributed by atoms with E-state index in [0.717, 1.165) is 50.2 Å². The first-order valence-corrected chi connectivity index (χ1v) is 13.2. The van der Waals surface area contributed by atoms with Gasteiger partial charge in [-0.05, 0) is 97.9 Å². The van der Waals surface area contributed by atoms with Crippen molar-refractivity contribution in [2.45, 2.75) is 84.4 Å². The highest BCUT2D eigenvalue weighted by molar-refractivity contribution is 5.82. The normalized spacial score (nSPS) is 42.1. The Kier molecular flexibility index (Phi) is 6.18. The quantitative estimate of drug-likeness (QED) is 0.490. The summed E-state index contributed by atoms with van der Waals surface area (Å²) in [5.41, 5.74) is -0.698. The molecule has 1 heterocycles. The number of ether oxygens (including phenoxy) is 1. The number of halogens is 3. The molecular formula is C27H39F3N2O2. The SMILES string of the molecule is COCC12CCC(C)CC1CCC1C3CCC(C(=O)Cn4ccc(C(F)(F)F)n4)C3(C)CCC12. The van der Waals surface area contributed by atoms with Crippen LogP contribution in [0.2, 0.25) is 0 Å². The number of hydrogen-bond donors (Lipinski definition) is 0. The Labute approximate surface area is 201 Å². The Morgan fingerprint density at radius 3 is 2.65 bits per heavy atom. The lowest BCUT2D eigenvalue weighted by atomic mass is 9.44. The molecule has 8 atom stereocenters. The molecule has 8 unspecified atom stereocenters. The van der Waals surface area contributed by atoms with Gasteiger partial charge in [0.05, 0.1) is 13.2 Å². The van der Waals surface area contributed by atoms with Crippen molar-refractivity contribution in [1.29, 1.82) is 0 Å². The van der Waals surface area contributed by atoms with Crippen molar-refractivity contribution in [2.75, 3.05) is 13.7 Å². The summed E-state index contributed by atoms with van der Waals surface area (Å²) in [5.74, 6) is 3.35. The summed E-state index contributed by atoms with van der Waals surface area (Å²) < 4.78 is 45.9. The van der Waals surface area contributed by atoms with Gasteiger partial charge < -0.3 is 4.74 Å². The second-order valence-corrected chi connectivity index (χ2v) is 12.2. The molecule has 4 nitrogen and oxygen atoms in total. The molecular weight excluding hydrogens is 441 g/mol. The molecule has 34 heavy (non-hydrogen) atoms. The van der Waals surface area contributed by atoms with E-state index in [-0.39, 0.29) is 29.1 Å². The van der Waals surface area contributed by atoms with Gasteiger partial charge in [0.25, 0.3) is 0 Å². The number of carbonyl (C=O) groups is 1. The van der Waals surface area contributed by atoms with E-state index >= 15 is 0 Å². The Morgan fingerprint density at radius 2 is 1.94 bits per heavy atom. The minimum atomic E-state index is -4.48. The number of nitrogens with zero attached hydrogens (tertiary/aromatic N) is 2. The number of fused-ring (bicyclic) bond motifs is 5. The number of Topliss-reactive ketones (excluding diaryl/α,β-unsaturated/α-hetero) is 1. The summed E-state index contributed by atoms with van der Waals surface area (Å²) in [5, 5.41) is 3.62. The van der Waals surface area contributed by atoms with Crippen LogP contribution < -0.4 is 0 Å². The number of methoxy groups -OCH3 is 1. The lowest BCUT2D eigenvalue weighted by Gasteiger charge is -2.61. The second-order valence-electron chi connectivity index (χ2n) is 12.2. The van der Waals surface area contributed by atoms with Crippen LogP contribution in [0.5, 0.6) is 0 Å². The molecule has 7 heteroatoms. The molecule has 4 aliphatic rings. The first-order valence-electron chi connectivity index (χ1n) is 13.2. The Morgan fingerprint density at radius 1 is 1.15 bits per heavy atom. The second kappa shape index (κ2) is 8.63. The van der Waals surface area contributed by atoms with E-state index in [0.29, 0.717) is 17.8 Å². The van der Waals surface area contributed by atoms with E-state index in [2.05, 4.69) is 18.9 Å². The van der Waals surface area contributed by atoms with Gasteiger partial charge in [-0.15, -0.1) is 0 Å². The zero-order valence-corrected chi connectivity index (χ0v) is 20.7. The van der Waals surface area contributed by atoms with Crippen LogP contribution in [0.15, 0.2) is 12.3 Å². The van der Waals surface area contributed by atoms with Gasteiger partial charge in [0, 0.05) is 19.2 Å². The smallest absolute Gasteiger partial charge is 0.384 e. The zero-order valence-electron chi connectivity index (χ0n) is 20.7. The van der Waals surface area contributed by atoms with Crippen molar-refractivity contribution in [3.63, 3.8) is 0 Å². The van der Waals surface area contributed by atoms with E-state index in [9.17, 15) is 18.0 Å². The molecule has 190 valence electrons. The largest absolute Gasteiger partial charge is 0.435 e. The number of aromatic nitrogens is 2. The molecule has 5 rings (SSSR count). The fraction of sp³-hybridized carbons (Fsp3) is 0.852. The Bertz CT molecular complexity index is 914. The summed E-state index contributed by atoms with van der Waals surface area (Å²) >= 11 is 0. The van der Waals surface area contributed by atoms with Crippen LogP contribution in [0, 0.1) is 46.3 Å². The first kappa shape index (κ1) is 24.3. The van der Waals surface area contributed by atoms with Gasteiger partial charge in [-0.3, -0.25) is 9.48 Å². The number of hydrogen-bond acceptors (Lipinski definition) is 3. The summed E-state index contributed by atoms with van der Waals surface area (Å²) in [6.45, 7) is 5.49. The highest BCUT2D eigenvalue weighted by Gasteiger charge is 2.62. The third kappa shape index (κ3) is 3.84. The lowest BCUT2D eigenvalue weighted by Crippen LogP contribution is -2.56. The Hall–Kier alpha value is -1.37. The molecule has 4 fully saturated rings. The van der Waals surface area contributed by atoms with E-state index in [1.807, 2.05) is 7.11 Å². The van der Waals surface area contributed by atoms with E-state index < -0.39 is 11.9 Å². The van der Waals surface area contributed by atoms with Crippen LogP contribution in [0.4, 0.5) is 13.2 Å². The van der Waals surface area contributed by atoms with Crippen LogP contribution >= 0.6 is 0 Å². The van der Waals surface area contributed by atoms with E-state index in [4.69, 9.17) is 4.74 Å². The summed E-state index contributed by atoms with van der Waals surface area (Å²) in [6, 6.07) is 0.955. The molecule has 0 amide bonds. The maximum atomic E-state index is 13.4. The average molecular weight is 481 g/mol. The van der Waals surface area contributed by atoms with Crippen molar-refractivity contribution in [3.05, 3.63) is 18.0 Å². The van der Waals surface area contributed by atoms with Gasteiger partial charge in [0.2, 0.25) is 0 Å². The predicted molar refractivity (Wildman–Crippen MR) is 123 cm³/mol. The molecule has 0 spiro atoms. The number of rotatable bonds is 5. The maximum absolute atomic E-state index is 13.4. The summed E-state index contributed by atoms with van der Waals surface area (Å²) in [4.78, 5) is 13.4. The van der Waals surface area contributed by atoms with Crippen LogP contribution in [-0.2, 0) is 22.3 Å². The van der Waals surface area contributed by atoms with Crippen molar-refractivity contribution >= 4 is 5.78 Å². The molecule has 0 N–H and O–H groups in total. The first-order chi connectivity index (χ1) is 16.1. The van der Waals surface area contributed by atoms with Gasteiger partial charge in [-0.25, -0.2) is 0 Å². The number of ketones is 1. The fourth-order valence-corrected chi connectivity index (χ4v) is 9.21. The van der Waals surface area contributed by atoms with Crippen molar-refractivity contribution in [3.8, 4) is 0 Å². The summed E-state index contributed by atoms with van der Waals surface area (Å²) in [6.07, 6.45) is 7.30. The molecule has 0 aliphatic heterocycles. The molecule has 1 aromatic heterocycles. The van der Waals surface area contributed by atoms with Gasteiger partial charge in [-0.2, -0.15) is 18.3 Å². The standard InChI is InChI=1S/C27H39F3N2O2/c1-17-8-12-26(16-34-3)18(14-17)4-5-19-20-6-7-22(25(20,2)11-9-21(19)26)23(33)15-32-13-10-24(31-32)27(28,29)30/h10,13,17-22H,4-9,11-12,14-16H2,1-3H3. The highest BCUT2D eigenvalue weighted by Crippen LogP contribution is 2.68. The van der Waals surface area contributed by atoms with Crippen LogP contribution in [0.25, 0.3) is 0 Å². The topological polar surface area (TPSA) is 44.1 Å². The average Bonchev–Trinajstić information content (AvgIpc) is 3.38.